The standard InChI is InChI=1S/C20H22FNO3S/c1-14(18(23)22-13-17-5-4-12-26-17)25-19(24)20(10-2-3-11-20)15-6-8-16(21)9-7-15/h4-9,12,14H,2-3,10-11,13H2,1H3,(H,22,23)/t14-/m1/s1. The van der Waals surface area contributed by atoms with Crippen LogP contribution >= 0.6 is 11.3 Å². The lowest BCUT2D eigenvalue weighted by molar-refractivity contribution is -0.160. The van der Waals surface area contributed by atoms with E-state index in [4.69, 9.17) is 4.74 Å². The highest BCUT2D eigenvalue weighted by atomic mass is 32.1. The molecular formula is C20H22FNO3S. The molecule has 2 aromatic rings. The zero-order chi connectivity index (χ0) is 18.6. The number of hydrogen-bond donors (Lipinski definition) is 1. The van der Waals surface area contributed by atoms with E-state index in [0.717, 1.165) is 23.3 Å². The third-order valence-electron chi connectivity index (χ3n) is 4.91. The Hall–Kier alpha value is -2.21. The van der Waals surface area contributed by atoms with Gasteiger partial charge < -0.3 is 10.1 Å². The van der Waals surface area contributed by atoms with E-state index in [0.29, 0.717) is 19.4 Å². The van der Waals surface area contributed by atoms with Gasteiger partial charge in [-0.1, -0.05) is 31.0 Å². The first kappa shape index (κ1) is 18.6. The summed E-state index contributed by atoms with van der Waals surface area (Å²) in [7, 11) is 0. The second-order valence-electron chi connectivity index (χ2n) is 6.64. The number of ether oxygens (including phenoxy) is 1. The van der Waals surface area contributed by atoms with Crippen LogP contribution in [0.3, 0.4) is 0 Å². The van der Waals surface area contributed by atoms with Crippen molar-refractivity contribution >= 4 is 23.2 Å². The van der Waals surface area contributed by atoms with Crippen molar-refractivity contribution < 1.29 is 18.7 Å². The number of amides is 1. The van der Waals surface area contributed by atoms with Gasteiger partial charge in [0, 0.05) is 4.88 Å². The molecule has 1 aromatic carbocycles. The molecule has 26 heavy (non-hydrogen) atoms. The highest BCUT2D eigenvalue weighted by Gasteiger charge is 2.45. The van der Waals surface area contributed by atoms with E-state index in [1.807, 2.05) is 17.5 Å². The molecule has 1 aliphatic carbocycles. The number of esters is 1. The van der Waals surface area contributed by atoms with E-state index in [1.165, 1.54) is 12.1 Å². The van der Waals surface area contributed by atoms with E-state index >= 15 is 0 Å². The van der Waals surface area contributed by atoms with Crippen molar-refractivity contribution in [2.24, 2.45) is 0 Å². The zero-order valence-electron chi connectivity index (χ0n) is 14.7. The number of thiophene rings is 1. The van der Waals surface area contributed by atoms with Crippen molar-refractivity contribution in [1.29, 1.82) is 0 Å². The molecule has 1 aromatic heterocycles. The van der Waals surface area contributed by atoms with Crippen LogP contribution in [0.1, 0.15) is 43.0 Å². The molecule has 0 radical (unpaired) electrons. The molecule has 0 aliphatic heterocycles. The van der Waals surface area contributed by atoms with Crippen LogP contribution in [0, 0.1) is 5.82 Å². The first-order valence-corrected chi connectivity index (χ1v) is 9.66. The van der Waals surface area contributed by atoms with E-state index < -0.39 is 17.5 Å². The highest BCUT2D eigenvalue weighted by molar-refractivity contribution is 7.09. The van der Waals surface area contributed by atoms with Crippen molar-refractivity contribution in [2.45, 2.75) is 50.7 Å². The van der Waals surface area contributed by atoms with E-state index in [-0.39, 0.29) is 11.7 Å². The van der Waals surface area contributed by atoms with Crippen molar-refractivity contribution in [3.05, 3.63) is 58.0 Å². The summed E-state index contributed by atoms with van der Waals surface area (Å²) in [6, 6.07) is 9.86. The van der Waals surface area contributed by atoms with Gasteiger partial charge in [-0.2, -0.15) is 0 Å². The molecule has 1 heterocycles. The van der Waals surface area contributed by atoms with Crippen LogP contribution in [-0.4, -0.2) is 18.0 Å². The monoisotopic (exact) mass is 375 g/mol. The summed E-state index contributed by atoms with van der Waals surface area (Å²) in [5.41, 5.74) is -0.0247. The average molecular weight is 375 g/mol. The predicted octanol–water partition coefficient (Wildman–Crippen LogP) is 3.95. The second kappa shape index (κ2) is 7.99. The number of carbonyl (C=O) groups excluding carboxylic acids is 2. The lowest BCUT2D eigenvalue weighted by atomic mass is 9.79. The number of benzene rings is 1. The van der Waals surface area contributed by atoms with E-state index in [1.54, 1.807) is 30.4 Å². The molecule has 138 valence electrons. The molecule has 1 N–H and O–H groups in total. The van der Waals surface area contributed by atoms with Gasteiger partial charge in [-0.25, -0.2) is 4.39 Å². The fraction of sp³-hybridized carbons (Fsp3) is 0.400. The summed E-state index contributed by atoms with van der Waals surface area (Å²) in [6.07, 6.45) is 2.25. The summed E-state index contributed by atoms with van der Waals surface area (Å²) >= 11 is 1.56. The summed E-state index contributed by atoms with van der Waals surface area (Å²) in [5.74, 6) is -1.06. The second-order valence-corrected chi connectivity index (χ2v) is 7.67. The van der Waals surface area contributed by atoms with Crippen molar-refractivity contribution in [3.63, 3.8) is 0 Å². The molecule has 4 nitrogen and oxygen atoms in total. The van der Waals surface area contributed by atoms with Gasteiger partial charge in [0.05, 0.1) is 12.0 Å². The van der Waals surface area contributed by atoms with E-state index in [2.05, 4.69) is 5.32 Å². The summed E-state index contributed by atoms with van der Waals surface area (Å²) in [6.45, 7) is 2.00. The Labute approximate surface area is 156 Å². The van der Waals surface area contributed by atoms with Crippen LogP contribution in [0.15, 0.2) is 41.8 Å². The van der Waals surface area contributed by atoms with Gasteiger partial charge in [0.2, 0.25) is 0 Å². The van der Waals surface area contributed by atoms with Gasteiger partial charge in [-0.15, -0.1) is 11.3 Å². The molecule has 1 atom stereocenters. The van der Waals surface area contributed by atoms with Gasteiger partial charge >= 0.3 is 5.97 Å². The van der Waals surface area contributed by atoms with Gasteiger partial charge in [0.1, 0.15) is 5.82 Å². The van der Waals surface area contributed by atoms with Crippen LogP contribution in [-0.2, 0) is 26.3 Å². The fourth-order valence-electron chi connectivity index (χ4n) is 3.42. The van der Waals surface area contributed by atoms with Crippen molar-refractivity contribution in [2.75, 3.05) is 0 Å². The highest BCUT2D eigenvalue weighted by Crippen LogP contribution is 2.42. The molecule has 0 saturated heterocycles. The third kappa shape index (κ3) is 3.96. The molecule has 0 unspecified atom stereocenters. The maximum Gasteiger partial charge on any atom is 0.317 e. The first-order chi connectivity index (χ1) is 12.5. The average Bonchev–Trinajstić information content (AvgIpc) is 3.32. The number of rotatable bonds is 6. The van der Waals surface area contributed by atoms with Gasteiger partial charge in [0.25, 0.3) is 5.91 Å². The minimum absolute atomic E-state index is 0.320. The first-order valence-electron chi connectivity index (χ1n) is 8.78. The van der Waals surface area contributed by atoms with Crippen LogP contribution < -0.4 is 5.32 Å². The lowest BCUT2D eigenvalue weighted by Gasteiger charge is -2.28. The Morgan fingerprint density at radius 3 is 2.54 bits per heavy atom. The Kier molecular flexibility index (Phi) is 5.71. The number of hydrogen-bond acceptors (Lipinski definition) is 4. The Balaban J connectivity index is 1.66. The molecule has 1 saturated carbocycles. The Morgan fingerprint density at radius 1 is 1.23 bits per heavy atom. The summed E-state index contributed by atoms with van der Waals surface area (Å²) in [4.78, 5) is 26.2. The van der Waals surface area contributed by atoms with Crippen LogP contribution in [0.5, 0.6) is 0 Å². The molecule has 3 rings (SSSR count). The Bertz CT molecular complexity index is 752. The molecule has 6 heteroatoms. The smallest absolute Gasteiger partial charge is 0.317 e. The molecule has 1 aliphatic rings. The fourth-order valence-corrected chi connectivity index (χ4v) is 4.06. The minimum atomic E-state index is -0.875. The summed E-state index contributed by atoms with van der Waals surface area (Å²) < 4.78 is 18.8. The van der Waals surface area contributed by atoms with Crippen molar-refractivity contribution in [3.8, 4) is 0 Å². The molecule has 0 bridgehead atoms. The quantitative estimate of drug-likeness (QED) is 0.778. The SMILES string of the molecule is C[C@@H](OC(=O)C1(c2ccc(F)cc2)CCCC1)C(=O)NCc1cccs1. The lowest BCUT2D eigenvalue weighted by Crippen LogP contribution is -2.41. The van der Waals surface area contributed by atoms with Gasteiger partial charge in [-0.3, -0.25) is 9.59 Å². The van der Waals surface area contributed by atoms with Crippen LogP contribution in [0.4, 0.5) is 4.39 Å². The molecule has 1 amide bonds. The van der Waals surface area contributed by atoms with Crippen LogP contribution in [0.25, 0.3) is 0 Å². The van der Waals surface area contributed by atoms with Crippen molar-refractivity contribution in [1.82, 2.24) is 5.32 Å². The molecule has 1 fully saturated rings. The predicted molar refractivity (Wildman–Crippen MR) is 98.3 cm³/mol. The largest absolute Gasteiger partial charge is 0.452 e. The molecule has 0 spiro atoms. The number of halogens is 1. The third-order valence-corrected chi connectivity index (χ3v) is 5.79. The molecular weight excluding hydrogens is 353 g/mol. The maximum absolute atomic E-state index is 13.2. The zero-order valence-corrected chi connectivity index (χ0v) is 15.5. The maximum atomic E-state index is 13.2. The Morgan fingerprint density at radius 2 is 1.92 bits per heavy atom. The van der Waals surface area contributed by atoms with E-state index in [9.17, 15) is 14.0 Å². The van der Waals surface area contributed by atoms with Crippen LogP contribution in [0.2, 0.25) is 0 Å². The number of nitrogens with one attached hydrogen (secondary N) is 1. The number of carbonyl (C=O) groups is 2. The minimum Gasteiger partial charge on any atom is -0.452 e. The summed E-state index contributed by atoms with van der Waals surface area (Å²) in [5, 5.41) is 4.73. The van der Waals surface area contributed by atoms with Gasteiger partial charge in [0.15, 0.2) is 6.10 Å². The van der Waals surface area contributed by atoms with Gasteiger partial charge in [-0.05, 0) is 48.9 Å². The topological polar surface area (TPSA) is 55.4 Å². The normalized spacial score (nSPS) is 16.8.